The van der Waals surface area contributed by atoms with Crippen molar-refractivity contribution in [3.63, 3.8) is 0 Å². The maximum absolute atomic E-state index is 12.8. The summed E-state index contributed by atoms with van der Waals surface area (Å²) in [6, 6.07) is 15.0. The summed E-state index contributed by atoms with van der Waals surface area (Å²) < 4.78 is 0. The van der Waals surface area contributed by atoms with E-state index in [0.717, 1.165) is 5.56 Å². The van der Waals surface area contributed by atoms with Crippen LogP contribution < -0.4 is 0 Å². The van der Waals surface area contributed by atoms with E-state index in [-0.39, 0.29) is 24.3 Å². The van der Waals surface area contributed by atoms with Crippen molar-refractivity contribution in [1.82, 2.24) is 14.7 Å². The summed E-state index contributed by atoms with van der Waals surface area (Å²) in [5.74, 6) is 0.0920. The normalized spacial score (nSPS) is 16.2. The third kappa shape index (κ3) is 3.98. The molecule has 0 unspecified atom stereocenters. The molecule has 4 rings (SSSR count). The van der Waals surface area contributed by atoms with Crippen LogP contribution in [0.15, 0.2) is 55.1 Å². The highest BCUT2D eigenvalue weighted by molar-refractivity contribution is 6.10. The van der Waals surface area contributed by atoms with Crippen LogP contribution in [0.5, 0.6) is 0 Å². The average molecular weight is 418 g/mol. The second-order valence-corrected chi connectivity index (χ2v) is 8.33. The maximum atomic E-state index is 12.8. The number of fused-ring (bicyclic) bond motifs is 1. The molecule has 2 aromatic carbocycles. The molecule has 0 bridgehead atoms. The molecule has 2 heterocycles. The molecule has 0 aromatic heterocycles. The molecule has 3 amide bonds. The average Bonchev–Trinajstić information content (AvgIpc) is 3.03. The van der Waals surface area contributed by atoms with E-state index in [4.69, 9.17) is 0 Å². The van der Waals surface area contributed by atoms with Crippen LogP contribution in [0, 0.1) is 0 Å². The molecule has 6 nitrogen and oxygen atoms in total. The molecule has 31 heavy (non-hydrogen) atoms. The number of hydrogen-bond donors (Lipinski definition) is 0. The standard InChI is InChI=1S/C25H27N3O3/c1-17(2)19-8-10-20(11-9-19)24(30)27-14-12-26(13-15-27)23(29)16-28-18(3)21-6-4-5-7-22(21)25(28)31/h4-11,17H,3,12-16H2,1-2H3. The van der Waals surface area contributed by atoms with Gasteiger partial charge in [-0.1, -0.05) is 50.8 Å². The van der Waals surface area contributed by atoms with Crippen LogP contribution in [-0.2, 0) is 4.79 Å². The molecule has 0 aliphatic carbocycles. The van der Waals surface area contributed by atoms with Gasteiger partial charge in [-0.2, -0.15) is 0 Å². The minimum Gasteiger partial charge on any atom is -0.338 e. The van der Waals surface area contributed by atoms with Crippen LogP contribution in [0.2, 0.25) is 0 Å². The first-order valence-corrected chi connectivity index (χ1v) is 10.6. The van der Waals surface area contributed by atoms with E-state index in [2.05, 4.69) is 20.4 Å². The van der Waals surface area contributed by atoms with Gasteiger partial charge in [-0.05, 0) is 29.7 Å². The summed E-state index contributed by atoms with van der Waals surface area (Å²) in [7, 11) is 0. The summed E-state index contributed by atoms with van der Waals surface area (Å²) in [6.45, 7) is 10.1. The fourth-order valence-electron chi connectivity index (χ4n) is 4.09. The van der Waals surface area contributed by atoms with Crippen LogP contribution >= 0.6 is 0 Å². The molecule has 1 saturated heterocycles. The van der Waals surface area contributed by atoms with E-state index < -0.39 is 0 Å². The first-order chi connectivity index (χ1) is 14.9. The molecule has 0 N–H and O–H groups in total. The Kier molecular flexibility index (Phi) is 5.63. The van der Waals surface area contributed by atoms with Gasteiger partial charge in [0.05, 0.1) is 0 Å². The summed E-state index contributed by atoms with van der Waals surface area (Å²) in [5.41, 5.74) is 3.79. The Balaban J connectivity index is 1.34. The van der Waals surface area contributed by atoms with Crippen molar-refractivity contribution in [2.24, 2.45) is 0 Å². The third-order valence-corrected chi connectivity index (χ3v) is 6.08. The maximum Gasteiger partial charge on any atom is 0.259 e. The lowest BCUT2D eigenvalue weighted by molar-refractivity contribution is -0.132. The number of benzene rings is 2. The highest BCUT2D eigenvalue weighted by Crippen LogP contribution is 2.31. The Bertz CT molecular complexity index is 999. The van der Waals surface area contributed by atoms with Gasteiger partial charge in [0.25, 0.3) is 11.8 Å². The second kappa shape index (κ2) is 8.38. The van der Waals surface area contributed by atoms with E-state index in [1.165, 1.54) is 10.5 Å². The lowest BCUT2D eigenvalue weighted by Gasteiger charge is -2.35. The summed E-state index contributed by atoms with van der Waals surface area (Å²) in [4.78, 5) is 43.2. The molecule has 160 valence electrons. The van der Waals surface area contributed by atoms with E-state index in [0.29, 0.717) is 48.9 Å². The van der Waals surface area contributed by atoms with Gasteiger partial charge in [-0.15, -0.1) is 0 Å². The minimum absolute atomic E-state index is 0.0130. The zero-order valence-electron chi connectivity index (χ0n) is 18.0. The van der Waals surface area contributed by atoms with Crippen molar-refractivity contribution in [2.45, 2.75) is 19.8 Å². The summed E-state index contributed by atoms with van der Waals surface area (Å²) in [5, 5.41) is 0. The quantitative estimate of drug-likeness (QED) is 0.768. The van der Waals surface area contributed by atoms with E-state index in [9.17, 15) is 14.4 Å². The highest BCUT2D eigenvalue weighted by Gasteiger charge is 2.34. The smallest absolute Gasteiger partial charge is 0.259 e. The zero-order valence-corrected chi connectivity index (χ0v) is 18.0. The number of hydrogen-bond acceptors (Lipinski definition) is 3. The van der Waals surface area contributed by atoms with Crippen LogP contribution in [0.4, 0.5) is 0 Å². The van der Waals surface area contributed by atoms with Gasteiger partial charge in [0.2, 0.25) is 5.91 Å². The lowest BCUT2D eigenvalue weighted by atomic mass is 10.0. The molecule has 2 aromatic rings. The van der Waals surface area contributed by atoms with Crippen molar-refractivity contribution >= 4 is 23.4 Å². The molecular weight excluding hydrogens is 390 g/mol. The van der Waals surface area contributed by atoms with Crippen molar-refractivity contribution in [2.75, 3.05) is 32.7 Å². The molecule has 6 heteroatoms. The Morgan fingerprint density at radius 3 is 2.06 bits per heavy atom. The van der Waals surface area contributed by atoms with Gasteiger partial charge in [0.15, 0.2) is 0 Å². The largest absolute Gasteiger partial charge is 0.338 e. The highest BCUT2D eigenvalue weighted by atomic mass is 16.2. The topological polar surface area (TPSA) is 60.9 Å². The van der Waals surface area contributed by atoms with Crippen molar-refractivity contribution in [1.29, 1.82) is 0 Å². The van der Waals surface area contributed by atoms with Crippen molar-refractivity contribution < 1.29 is 14.4 Å². The Labute approximate surface area is 182 Å². The van der Waals surface area contributed by atoms with Crippen molar-refractivity contribution in [3.05, 3.63) is 77.4 Å². The summed E-state index contributed by atoms with van der Waals surface area (Å²) in [6.07, 6.45) is 0. The summed E-state index contributed by atoms with van der Waals surface area (Å²) >= 11 is 0. The minimum atomic E-state index is -0.187. The van der Waals surface area contributed by atoms with Crippen LogP contribution in [-0.4, -0.2) is 65.1 Å². The Morgan fingerprint density at radius 1 is 0.903 bits per heavy atom. The zero-order chi connectivity index (χ0) is 22.1. The second-order valence-electron chi connectivity index (χ2n) is 8.33. The van der Waals surface area contributed by atoms with Gasteiger partial charge < -0.3 is 9.80 Å². The Hall–Kier alpha value is -3.41. The first kappa shape index (κ1) is 20.8. The number of carbonyl (C=O) groups excluding carboxylic acids is 3. The fourth-order valence-corrected chi connectivity index (χ4v) is 4.09. The first-order valence-electron chi connectivity index (χ1n) is 10.6. The van der Waals surface area contributed by atoms with Gasteiger partial charge in [0, 0.05) is 48.6 Å². The molecule has 2 aliphatic heterocycles. The fraction of sp³-hybridized carbons (Fsp3) is 0.320. The van der Waals surface area contributed by atoms with Crippen LogP contribution in [0.1, 0.15) is 51.6 Å². The van der Waals surface area contributed by atoms with E-state index in [1.54, 1.807) is 15.9 Å². The number of nitrogens with zero attached hydrogens (tertiary/aromatic N) is 3. The SMILES string of the molecule is C=C1c2ccccc2C(=O)N1CC(=O)N1CCN(C(=O)c2ccc(C(C)C)cc2)CC1. The van der Waals surface area contributed by atoms with E-state index in [1.807, 2.05) is 42.5 Å². The lowest BCUT2D eigenvalue weighted by Crippen LogP contribution is -2.52. The van der Waals surface area contributed by atoms with Gasteiger partial charge in [-0.3, -0.25) is 19.3 Å². The van der Waals surface area contributed by atoms with Gasteiger partial charge >= 0.3 is 0 Å². The molecular formula is C25H27N3O3. The van der Waals surface area contributed by atoms with E-state index >= 15 is 0 Å². The number of rotatable bonds is 4. The molecule has 2 aliphatic rings. The molecule has 0 spiro atoms. The van der Waals surface area contributed by atoms with Crippen molar-refractivity contribution in [3.8, 4) is 0 Å². The number of carbonyl (C=O) groups is 3. The van der Waals surface area contributed by atoms with Crippen LogP contribution in [0.25, 0.3) is 5.70 Å². The third-order valence-electron chi connectivity index (χ3n) is 6.08. The molecule has 0 radical (unpaired) electrons. The monoisotopic (exact) mass is 417 g/mol. The predicted octanol–water partition coefficient (Wildman–Crippen LogP) is 3.22. The molecule has 1 fully saturated rings. The number of amides is 3. The predicted molar refractivity (Wildman–Crippen MR) is 120 cm³/mol. The number of piperazine rings is 1. The van der Waals surface area contributed by atoms with Crippen LogP contribution in [0.3, 0.4) is 0 Å². The molecule has 0 atom stereocenters. The van der Waals surface area contributed by atoms with Gasteiger partial charge in [-0.25, -0.2) is 0 Å². The van der Waals surface area contributed by atoms with Gasteiger partial charge in [0.1, 0.15) is 6.54 Å². The molecule has 0 saturated carbocycles. The Morgan fingerprint density at radius 2 is 1.48 bits per heavy atom.